The van der Waals surface area contributed by atoms with Gasteiger partial charge in [-0.05, 0) is 25.3 Å². The van der Waals surface area contributed by atoms with Crippen molar-refractivity contribution >= 4 is 5.96 Å². The Bertz CT molecular complexity index is 376. The van der Waals surface area contributed by atoms with Crippen LogP contribution in [0.2, 0.25) is 0 Å². The van der Waals surface area contributed by atoms with Gasteiger partial charge in [0.25, 0.3) is 0 Å². The molecular weight excluding hydrogens is 244 g/mol. The minimum absolute atomic E-state index is 0.611. The van der Waals surface area contributed by atoms with E-state index in [0.717, 1.165) is 32.6 Å². The van der Waals surface area contributed by atoms with Crippen LogP contribution in [0.1, 0.15) is 18.9 Å². The molecule has 7 nitrogen and oxygen atoms in total. The van der Waals surface area contributed by atoms with E-state index in [4.69, 9.17) is 10.6 Å². The van der Waals surface area contributed by atoms with E-state index in [1.807, 2.05) is 26.4 Å². The van der Waals surface area contributed by atoms with E-state index in [0.29, 0.717) is 12.5 Å². The van der Waals surface area contributed by atoms with Gasteiger partial charge in [0, 0.05) is 39.5 Å². The fraction of sp³-hybridized carbons (Fsp3) is 0.667. The van der Waals surface area contributed by atoms with Crippen LogP contribution < -0.4 is 16.6 Å². The summed E-state index contributed by atoms with van der Waals surface area (Å²) in [7, 11) is 1.91. The average Bonchev–Trinajstić information content (AvgIpc) is 2.82. The number of nitrogens with one attached hydrogen (secondary N) is 2. The molecule has 108 valence electrons. The number of hydrogen-bond acceptors (Lipinski definition) is 4. The van der Waals surface area contributed by atoms with Crippen LogP contribution in [0.25, 0.3) is 0 Å². The lowest BCUT2D eigenvalue weighted by atomic mass is 10.2. The maximum Gasteiger partial charge on any atom is 0.205 e. The van der Waals surface area contributed by atoms with Gasteiger partial charge in [-0.15, -0.1) is 0 Å². The summed E-state index contributed by atoms with van der Waals surface area (Å²) in [6, 6.07) is 0. The fourth-order valence-corrected chi connectivity index (χ4v) is 1.58. The summed E-state index contributed by atoms with van der Waals surface area (Å²) in [6.45, 7) is 4.92. The minimum atomic E-state index is 0.611. The Labute approximate surface area is 114 Å². The van der Waals surface area contributed by atoms with E-state index in [-0.39, 0.29) is 0 Å². The SMILES string of the molecule is CCOCCCN=C(NN)NCCc1cnn(C)c1. The van der Waals surface area contributed by atoms with Crippen molar-refractivity contribution in [1.82, 2.24) is 20.5 Å². The van der Waals surface area contributed by atoms with Crippen LogP contribution >= 0.6 is 0 Å². The molecule has 0 saturated heterocycles. The van der Waals surface area contributed by atoms with Crippen molar-refractivity contribution in [2.24, 2.45) is 17.9 Å². The Balaban J connectivity index is 2.18. The number of nitrogens with zero attached hydrogens (tertiary/aromatic N) is 3. The first-order valence-electron chi connectivity index (χ1n) is 6.56. The number of aliphatic imine (C=N–C) groups is 1. The molecule has 0 fully saturated rings. The summed E-state index contributed by atoms with van der Waals surface area (Å²) in [5, 5.41) is 7.27. The zero-order valence-electron chi connectivity index (χ0n) is 11.7. The molecular formula is C12H24N6O. The van der Waals surface area contributed by atoms with E-state index in [1.54, 1.807) is 4.68 Å². The van der Waals surface area contributed by atoms with E-state index in [2.05, 4.69) is 20.8 Å². The van der Waals surface area contributed by atoms with Crippen molar-refractivity contribution in [3.8, 4) is 0 Å². The van der Waals surface area contributed by atoms with Gasteiger partial charge in [0.2, 0.25) is 5.96 Å². The normalized spacial score (nSPS) is 11.6. The maximum absolute atomic E-state index is 5.41. The van der Waals surface area contributed by atoms with E-state index < -0.39 is 0 Å². The second-order valence-electron chi connectivity index (χ2n) is 4.12. The number of aromatic nitrogens is 2. The van der Waals surface area contributed by atoms with Crippen molar-refractivity contribution in [3.63, 3.8) is 0 Å². The van der Waals surface area contributed by atoms with Crippen molar-refractivity contribution < 1.29 is 4.74 Å². The van der Waals surface area contributed by atoms with Gasteiger partial charge < -0.3 is 10.1 Å². The van der Waals surface area contributed by atoms with Crippen LogP contribution in [0, 0.1) is 0 Å². The highest BCUT2D eigenvalue weighted by molar-refractivity contribution is 5.79. The Kier molecular flexibility index (Phi) is 7.60. The van der Waals surface area contributed by atoms with Gasteiger partial charge in [-0.25, -0.2) is 5.84 Å². The molecule has 0 saturated carbocycles. The zero-order chi connectivity index (χ0) is 13.9. The van der Waals surface area contributed by atoms with Crippen molar-refractivity contribution in [2.75, 3.05) is 26.3 Å². The first-order chi connectivity index (χ1) is 9.26. The molecule has 0 atom stereocenters. The van der Waals surface area contributed by atoms with Gasteiger partial charge >= 0.3 is 0 Å². The molecule has 1 heterocycles. The molecule has 0 spiro atoms. The number of ether oxygens (including phenoxy) is 1. The molecule has 1 aromatic heterocycles. The van der Waals surface area contributed by atoms with Crippen molar-refractivity contribution in [3.05, 3.63) is 18.0 Å². The lowest BCUT2D eigenvalue weighted by Gasteiger charge is -2.08. The van der Waals surface area contributed by atoms with Gasteiger partial charge in [-0.2, -0.15) is 5.10 Å². The highest BCUT2D eigenvalue weighted by Crippen LogP contribution is 1.95. The molecule has 0 radical (unpaired) electrons. The second-order valence-corrected chi connectivity index (χ2v) is 4.12. The van der Waals surface area contributed by atoms with Gasteiger partial charge in [0.1, 0.15) is 0 Å². The fourth-order valence-electron chi connectivity index (χ4n) is 1.58. The number of rotatable bonds is 8. The average molecular weight is 268 g/mol. The molecule has 4 N–H and O–H groups in total. The van der Waals surface area contributed by atoms with Crippen LogP contribution in [0.5, 0.6) is 0 Å². The third-order valence-electron chi connectivity index (χ3n) is 2.52. The molecule has 0 bridgehead atoms. The molecule has 0 aromatic carbocycles. The first kappa shape index (κ1) is 15.5. The van der Waals surface area contributed by atoms with Crippen LogP contribution in [0.4, 0.5) is 0 Å². The Hall–Kier alpha value is -1.60. The predicted octanol–water partition coefficient (Wildman–Crippen LogP) is -0.202. The first-order valence-corrected chi connectivity index (χ1v) is 6.56. The highest BCUT2D eigenvalue weighted by atomic mass is 16.5. The molecule has 0 aliphatic carbocycles. The lowest BCUT2D eigenvalue weighted by molar-refractivity contribution is 0.146. The number of hydrazine groups is 1. The molecule has 0 amide bonds. The minimum Gasteiger partial charge on any atom is -0.382 e. The third kappa shape index (κ3) is 6.78. The number of hydrogen-bond donors (Lipinski definition) is 3. The summed E-state index contributed by atoms with van der Waals surface area (Å²) >= 11 is 0. The molecule has 0 unspecified atom stereocenters. The molecule has 0 aliphatic heterocycles. The van der Waals surface area contributed by atoms with Crippen LogP contribution in [0.3, 0.4) is 0 Å². The molecule has 1 rings (SSSR count). The standard InChI is InChI=1S/C12H24N6O/c1-3-19-8-4-6-14-12(17-13)15-7-5-11-9-16-18(2)10-11/h9-10H,3-8,13H2,1-2H3,(H2,14,15,17). The predicted molar refractivity (Wildman–Crippen MR) is 75.6 cm³/mol. The van der Waals surface area contributed by atoms with Gasteiger partial charge in [0.15, 0.2) is 0 Å². The topological polar surface area (TPSA) is 89.5 Å². The van der Waals surface area contributed by atoms with Gasteiger partial charge in [0.05, 0.1) is 6.20 Å². The van der Waals surface area contributed by atoms with Crippen molar-refractivity contribution in [1.29, 1.82) is 0 Å². The lowest BCUT2D eigenvalue weighted by Crippen LogP contribution is -2.42. The molecule has 0 aliphatic rings. The molecule has 1 aromatic rings. The Morgan fingerprint density at radius 2 is 2.42 bits per heavy atom. The number of guanidine groups is 1. The molecule has 7 heteroatoms. The summed E-state index contributed by atoms with van der Waals surface area (Å²) in [4.78, 5) is 4.32. The summed E-state index contributed by atoms with van der Waals surface area (Å²) < 4.78 is 7.03. The van der Waals surface area contributed by atoms with Crippen LogP contribution in [0.15, 0.2) is 17.4 Å². The summed E-state index contributed by atoms with van der Waals surface area (Å²) in [5.74, 6) is 6.02. The molecule has 19 heavy (non-hydrogen) atoms. The summed E-state index contributed by atoms with van der Waals surface area (Å²) in [5.41, 5.74) is 3.74. The monoisotopic (exact) mass is 268 g/mol. The second kappa shape index (κ2) is 9.35. The number of aryl methyl sites for hydroxylation is 1. The third-order valence-corrected chi connectivity index (χ3v) is 2.52. The Morgan fingerprint density at radius 1 is 1.58 bits per heavy atom. The van der Waals surface area contributed by atoms with Crippen LogP contribution in [-0.4, -0.2) is 42.0 Å². The van der Waals surface area contributed by atoms with E-state index in [9.17, 15) is 0 Å². The van der Waals surface area contributed by atoms with Gasteiger partial charge in [-0.1, -0.05) is 0 Å². The highest BCUT2D eigenvalue weighted by Gasteiger charge is 1.98. The van der Waals surface area contributed by atoms with E-state index in [1.165, 1.54) is 5.56 Å². The zero-order valence-corrected chi connectivity index (χ0v) is 11.7. The smallest absolute Gasteiger partial charge is 0.205 e. The van der Waals surface area contributed by atoms with E-state index >= 15 is 0 Å². The quantitative estimate of drug-likeness (QED) is 0.200. The Morgan fingerprint density at radius 3 is 3.05 bits per heavy atom. The van der Waals surface area contributed by atoms with Crippen LogP contribution in [-0.2, 0) is 18.2 Å². The maximum atomic E-state index is 5.41. The number of nitrogens with two attached hydrogens (primary N) is 1. The summed E-state index contributed by atoms with van der Waals surface area (Å²) in [6.07, 6.45) is 5.63. The van der Waals surface area contributed by atoms with Crippen molar-refractivity contribution in [2.45, 2.75) is 19.8 Å². The van der Waals surface area contributed by atoms with Gasteiger partial charge in [-0.3, -0.25) is 15.1 Å². The largest absolute Gasteiger partial charge is 0.382 e.